The minimum atomic E-state index is -4.71. The fraction of sp³-hybridized carbons (Fsp3) is 0.429. The predicted octanol–water partition coefficient (Wildman–Crippen LogP) is 3.74. The standard InChI is InChI=1S/C21H25F3N4O2/c1-20(2)13-27(16-5-7-17(8-6-16)30-21(22,23)24)14-28(20)12-15-9-10-25-11-18(15)19(29)26(3)4/h5-11H,12-14H2,1-4H3. The predicted molar refractivity (Wildman–Crippen MR) is 107 cm³/mol. The topological polar surface area (TPSA) is 48.9 Å². The van der Waals surface area contributed by atoms with Crippen LogP contribution in [0.1, 0.15) is 29.8 Å². The summed E-state index contributed by atoms with van der Waals surface area (Å²) in [6, 6.07) is 7.71. The van der Waals surface area contributed by atoms with Crippen LogP contribution in [-0.2, 0) is 6.54 Å². The Balaban J connectivity index is 1.76. The third-order valence-electron chi connectivity index (χ3n) is 5.12. The van der Waals surface area contributed by atoms with Crippen molar-refractivity contribution < 1.29 is 22.7 Å². The van der Waals surface area contributed by atoms with E-state index in [2.05, 4.69) is 33.4 Å². The first-order valence-electron chi connectivity index (χ1n) is 9.47. The van der Waals surface area contributed by atoms with Crippen molar-refractivity contribution in [1.29, 1.82) is 0 Å². The van der Waals surface area contributed by atoms with Crippen LogP contribution < -0.4 is 9.64 Å². The number of hydrogen-bond donors (Lipinski definition) is 0. The molecule has 0 N–H and O–H groups in total. The number of hydrogen-bond acceptors (Lipinski definition) is 5. The Labute approximate surface area is 173 Å². The number of aromatic nitrogens is 1. The molecule has 1 aromatic heterocycles. The molecule has 0 aliphatic carbocycles. The third kappa shape index (κ3) is 5.02. The zero-order chi connectivity index (χ0) is 22.1. The molecular formula is C21H25F3N4O2. The summed E-state index contributed by atoms with van der Waals surface area (Å²) >= 11 is 0. The normalized spacial score (nSPS) is 16.6. The van der Waals surface area contributed by atoms with Gasteiger partial charge in [-0.3, -0.25) is 14.7 Å². The number of alkyl halides is 3. The van der Waals surface area contributed by atoms with Crippen LogP contribution in [0.25, 0.3) is 0 Å². The van der Waals surface area contributed by atoms with Gasteiger partial charge in [-0.1, -0.05) is 0 Å². The molecule has 0 spiro atoms. The van der Waals surface area contributed by atoms with Crippen molar-refractivity contribution in [2.75, 3.05) is 32.2 Å². The maximum absolute atomic E-state index is 12.5. The zero-order valence-electron chi connectivity index (χ0n) is 17.4. The van der Waals surface area contributed by atoms with Gasteiger partial charge in [0.2, 0.25) is 0 Å². The van der Waals surface area contributed by atoms with Crippen molar-refractivity contribution in [2.24, 2.45) is 0 Å². The smallest absolute Gasteiger partial charge is 0.406 e. The average molecular weight is 422 g/mol. The van der Waals surface area contributed by atoms with Crippen LogP contribution in [0.5, 0.6) is 5.75 Å². The summed E-state index contributed by atoms with van der Waals surface area (Å²) in [5, 5.41) is 0. The molecule has 1 aromatic carbocycles. The van der Waals surface area contributed by atoms with Gasteiger partial charge in [0.05, 0.1) is 12.2 Å². The molecule has 1 amide bonds. The van der Waals surface area contributed by atoms with E-state index in [1.165, 1.54) is 17.0 Å². The lowest BCUT2D eigenvalue weighted by Crippen LogP contribution is -2.40. The first-order chi connectivity index (χ1) is 14.0. The van der Waals surface area contributed by atoms with E-state index in [4.69, 9.17) is 0 Å². The van der Waals surface area contributed by atoms with Crippen molar-refractivity contribution in [1.82, 2.24) is 14.8 Å². The number of anilines is 1. The minimum Gasteiger partial charge on any atom is -0.406 e. The number of benzene rings is 1. The van der Waals surface area contributed by atoms with E-state index in [9.17, 15) is 18.0 Å². The summed E-state index contributed by atoms with van der Waals surface area (Å²) in [5.41, 5.74) is 2.04. The van der Waals surface area contributed by atoms with Gasteiger partial charge in [-0.25, -0.2) is 0 Å². The first kappa shape index (κ1) is 21.9. The highest BCUT2D eigenvalue weighted by Gasteiger charge is 2.38. The molecule has 9 heteroatoms. The van der Waals surface area contributed by atoms with E-state index >= 15 is 0 Å². The van der Waals surface area contributed by atoms with Crippen LogP contribution in [0.4, 0.5) is 18.9 Å². The average Bonchev–Trinajstić information content (AvgIpc) is 2.95. The van der Waals surface area contributed by atoms with Crippen molar-refractivity contribution in [2.45, 2.75) is 32.3 Å². The van der Waals surface area contributed by atoms with Gasteiger partial charge in [0.1, 0.15) is 5.75 Å². The summed E-state index contributed by atoms with van der Waals surface area (Å²) in [5.74, 6) is -0.350. The van der Waals surface area contributed by atoms with Crippen molar-refractivity contribution >= 4 is 11.6 Å². The van der Waals surface area contributed by atoms with Gasteiger partial charge in [-0.05, 0) is 49.7 Å². The fourth-order valence-corrected chi connectivity index (χ4v) is 3.51. The molecule has 2 aromatic rings. The second kappa shape index (κ2) is 8.14. The molecule has 162 valence electrons. The van der Waals surface area contributed by atoms with Crippen molar-refractivity contribution in [3.05, 3.63) is 53.9 Å². The maximum atomic E-state index is 12.5. The molecule has 1 saturated heterocycles. The third-order valence-corrected chi connectivity index (χ3v) is 5.12. The number of rotatable bonds is 5. The Kier molecular flexibility index (Phi) is 5.94. The van der Waals surface area contributed by atoms with Gasteiger partial charge in [0.15, 0.2) is 0 Å². The summed E-state index contributed by atoms with van der Waals surface area (Å²) in [4.78, 5) is 22.4. The van der Waals surface area contributed by atoms with Crippen LogP contribution in [0.15, 0.2) is 42.7 Å². The zero-order valence-corrected chi connectivity index (χ0v) is 17.4. The number of pyridine rings is 1. The molecule has 1 aliphatic heterocycles. The Morgan fingerprint density at radius 1 is 1.20 bits per heavy atom. The lowest BCUT2D eigenvalue weighted by Gasteiger charge is -2.30. The van der Waals surface area contributed by atoms with E-state index in [-0.39, 0.29) is 17.2 Å². The number of carbonyl (C=O) groups is 1. The highest BCUT2D eigenvalue weighted by atomic mass is 19.4. The van der Waals surface area contributed by atoms with Gasteiger partial charge in [-0.2, -0.15) is 0 Å². The fourth-order valence-electron chi connectivity index (χ4n) is 3.51. The summed E-state index contributed by atoms with van der Waals surface area (Å²) in [6.45, 7) is 6.01. The molecule has 0 atom stereocenters. The van der Waals surface area contributed by atoms with Gasteiger partial charge >= 0.3 is 6.36 Å². The maximum Gasteiger partial charge on any atom is 0.573 e. The quantitative estimate of drug-likeness (QED) is 0.735. The molecule has 0 bridgehead atoms. The van der Waals surface area contributed by atoms with Crippen LogP contribution in [0.2, 0.25) is 0 Å². The van der Waals surface area contributed by atoms with Crippen molar-refractivity contribution in [3.8, 4) is 5.75 Å². The van der Waals surface area contributed by atoms with Gasteiger partial charge < -0.3 is 14.5 Å². The molecule has 0 unspecified atom stereocenters. The number of carbonyl (C=O) groups excluding carboxylic acids is 1. The lowest BCUT2D eigenvalue weighted by atomic mass is 10.0. The van der Waals surface area contributed by atoms with Crippen molar-refractivity contribution in [3.63, 3.8) is 0 Å². The Hall–Kier alpha value is -2.81. The second-order valence-corrected chi connectivity index (χ2v) is 8.12. The Bertz CT molecular complexity index is 898. The molecule has 2 heterocycles. The molecule has 1 aliphatic rings. The Morgan fingerprint density at radius 2 is 1.87 bits per heavy atom. The van der Waals surface area contributed by atoms with Gasteiger partial charge in [0.25, 0.3) is 5.91 Å². The number of halogens is 3. The molecule has 30 heavy (non-hydrogen) atoms. The SMILES string of the molecule is CN(C)C(=O)c1cnccc1CN1CN(c2ccc(OC(F)(F)F)cc2)CC1(C)C. The lowest BCUT2D eigenvalue weighted by molar-refractivity contribution is -0.274. The van der Waals surface area contributed by atoms with E-state index in [1.807, 2.05) is 6.07 Å². The molecule has 0 radical (unpaired) electrons. The molecule has 0 saturated carbocycles. The number of nitrogens with zero attached hydrogens (tertiary/aromatic N) is 4. The van der Waals surface area contributed by atoms with E-state index < -0.39 is 6.36 Å². The van der Waals surface area contributed by atoms with Crippen LogP contribution in [0, 0.1) is 0 Å². The molecule has 1 fully saturated rings. The number of amides is 1. The molecule has 6 nitrogen and oxygen atoms in total. The molecular weight excluding hydrogens is 397 g/mol. The second-order valence-electron chi connectivity index (χ2n) is 8.12. The van der Waals surface area contributed by atoms with Gasteiger partial charge in [0, 0.05) is 50.8 Å². The van der Waals surface area contributed by atoms with Crippen LogP contribution >= 0.6 is 0 Å². The van der Waals surface area contributed by atoms with Gasteiger partial charge in [-0.15, -0.1) is 13.2 Å². The monoisotopic (exact) mass is 422 g/mol. The minimum absolute atomic E-state index is 0.104. The summed E-state index contributed by atoms with van der Waals surface area (Å²) in [6.07, 6.45) is -1.46. The molecule has 3 rings (SSSR count). The van der Waals surface area contributed by atoms with E-state index in [0.717, 1.165) is 11.3 Å². The largest absolute Gasteiger partial charge is 0.573 e. The van der Waals surface area contributed by atoms with Crippen LogP contribution in [0.3, 0.4) is 0 Å². The summed E-state index contributed by atoms with van der Waals surface area (Å²) in [7, 11) is 3.40. The highest BCUT2D eigenvalue weighted by Crippen LogP contribution is 2.32. The Morgan fingerprint density at radius 3 is 2.47 bits per heavy atom. The van der Waals surface area contributed by atoms with Crippen LogP contribution in [-0.4, -0.2) is 59.9 Å². The number of ether oxygens (including phenoxy) is 1. The van der Waals surface area contributed by atoms with E-state index in [1.54, 1.807) is 38.6 Å². The summed E-state index contributed by atoms with van der Waals surface area (Å²) < 4.78 is 41.1. The highest BCUT2D eigenvalue weighted by molar-refractivity contribution is 5.95. The first-order valence-corrected chi connectivity index (χ1v) is 9.47. The van der Waals surface area contributed by atoms with E-state index in [0.29, 0.717) is 25.3 Å².